The van der Waals surface area contributed by atoms with Crippen molar-refractivity contribution in [2.45, 2.75) is 109 Å². The highest BCUT2D eigenvalue weighted by atomic mass is 16.5. The molecule has 0 rings (SSSR count). The van der Waals surface area contributed by atoms with Gasteiger partial charge in [-0.25, -0.2) is 0 Å². The third-order valence-corrected chi connectivity index (χ3v) is 4.54. The molecule has 0 aliphatic carbocycles. The number of hydrogen-bond donors (Lipinski definition) is 1. The van der Waals surface area contributed by atoms with Crippen molar-refractivity contribution >= 4 is 0 Å². The van der Waals surface area contributed by atoms with E-state index in [1.54, 1.807) is 6.26 Å². The monoisotopic (exact) mass is 326 g/mol. The van der Waals surface area contributed by atoms with Crippen molar-refractivity contribution in [1.29, 1.82) is 0 Å². The molecule has 0 spiro atoms. The van der Waals surface area contributed by atoms with Crippen LogP contribution in [0.2, 0.25) is 0 Å². The fraction of sp³-hybridized carbons (Fsp3) is 0.905. The largest absolute Gasteiger partial charge is 0.502 e. The van der Waals surface area contributed by atoms with Crippen LogP contribution in [0.5, 0.6) is 0 Å². The molecule has 0 saturated heterocycles. The minimum atomic E-state index is 0.366. The van der Waals surface area contributed by atoms with Gasteiger partial charge in [0.05, 0.1) is 12.9 Å². The summed E-state index contributed by atoms with van der Waals surface area (Å²) < 4.78 is 5.12. The highest BCUT2D eigenvalue weighted by Crippen LogP contribution is 2.14. The number of unbranched alkanes of at least 4 members (excludes halogenated alkanes) is 16. The van der Waals surface area contributed by atoms with Crippen molar-refractivity contribution in [2.75, 3.05) is 13.2 Å². The zero-order valence-electron chi connectivity index (χ0n) is 15.6. The van der Waals surface area contributed by atoms with Crippen LogP contribution in [0.1, 0.15) is 109 Å². The van der Waals surface area contributed by atoms with E-state index in [4.69, 9.17) is 9.84 Å². The van der Waals surface area contributed by atoms with Crippen molar-refractivity contribution in [3.63, 3.8) is 0 Å². The van der Waals surface area contributed by atoms with Gasteiger partial charge in [-0.05, 0) is 12.8 Å². The molecule has 0 atom stereocenters. The summed E-state index contributed by atoms with van der Waals surface area (Å²) in [6, 6.07) is 0. The van der Waals surface area contributed by atoms with Crippen molar-refractivity contribution in [3.8, 4) is 0 Å². The summed E-state index contributed by atoms with van der Waals surface area (Å²) in [5.74, 6) is 0. The Morgan fingerprint density at radius 2 is 0.826 bits per heavy atom. The van der Waals surface area contributed by atoms with Crippen LogP contribution in [0.25, 0.3) is 0 Å². The Balaban J connectivity index is 2.93. The average molecular weight is 327 g/mol. The van der Waals surface area contributed by atoms with Crippen LogP contribution in [0.3, 0.4) is 0 Å². The normalized spacial score (nSPS) is 10.8. The van der Waals surface area contributed by atoms with Gasteiger partial charge in [0.1, 0.15) is 0 Å². The second kappa shape index (κ2) is 21.5. The minimum absolute atomic E-state index is 0.366. The first-order valence-corrected chi connectivity index (χ1v) is 10.2. The highest BCUT2D eigenvalue weighted by molar-refractivity contribution is 4.51. The molecule has 2 nitrogen and oxygen atoms in total. The molecule has 0 fully saturated rings. The Labute approximate surface area is 145 Å². The molecule has 0 bridgehead atoms. The maximum absolute atomic E-state index is 8.70. The van der Waals surface area contributed by atoms with Gasteiger partial charge < -0.3 is 9.84 Å². The first-order chi connectivity index (χ1) is 11.4. The smallest absolute Gasteiger partial charge is 0.0873 e. The molecule has 0 aromatic rings. The van der Waals surface area contributed by atoms with E-state index < -0.39 is 0 Å². The van der Waals surface area contributed by atoms with E-state index >= 15 is 0 Å². The summed E-state index contributed by atoms with van der Waals surface area (Å²) >= 11 is 0. The Hall–Kier alpha value is -0.500. The molecule has 0 aromatic heterocycles. The molecule has 0 amide bonds. The van der Waals surface area contributed by atoms with Gasteiger partial charge in [-0.1, -0.05) is 103 Å². The van der Waals surface area contributed by atoms with Crippen molar-refractivity contribution in [3.05, 3.63) is 12.8 Å². The third-order valence-electron chi connectivity index (χ3n) is 4.54. The summed E-state index contributed by atoms with van der Waals surface area (Å²) in [7, 11) is 0. The predicted octanol–water partition coefficient (Wildman–Crippen LogP) is 6.77. The fourth-order valence-corrected chi connectivity index (χ4v) is 3.03. The number of aliphatic hydroxyl groups excluding tert-OH is 1. The van der Waals surface area contributed by atoms with Crippen LogP contribution >= 0.6 is 0 Å². The van der Waals surface area contributed by atoms with E-state index in [9.17, 15) is 0 Å². The molecular formula is C21H42O2. The number of aliphatic hydroxyl groups is 1. The van der Waals surface area contributed by atoms with E-state index in [0.29, 0.717) is 6.61 Å². The van der Waals surface area contributed by atoms with Crippen LogP contribution in [-0.2, 0) is 4.74 Å². The quantitative estimate of drug-likeness (QED) is 0.197. The van der Waals surface area contributed by atoms with Gasteiger partial charge in [0, 0.05) is 6.61 Å². The molecule has 0 aromatic carbocycles. The SMILES string of the molecule is C=COCCCCCCCCCCCCCCCCCCCO. The summed E-state index contributed by atoms with van der Waals surface area (Å²) in [5, 5.41) is 8.70. The molecule has 0 aliphatic rings. The number of rotatable bonds is 20. The van der Waals surface area contributed by atoms with Gasteiger partial charge in [-0.2, -0.15) is 0 Å². The van der Waals surface area contributed by atoms with Gasteiger partial charge >= 0.3 is 0 Å². The summed E-state index contributed by atoms with van der Waals surface area (Å²) in [6.45, 7) is 4.75. The van der Waals surface area contributed by atoms with Crippen LogP contribution in [0.4, 0.5) is 0 Å². The summed E-state index contributed by atoms with van der Waals surface area (Å²) in [5.41, 5.74) is 0. The predicted molar refractivity (Wildman–Crippen MR) is 102 cm³/mol. The zero-order valence-corrected chi connectivity index (χ0v) is 15.6. The molecule has 138 valence electrons. The molecule has 1 N–H and O–H groups in total. The lowest BCUT2D eigenvalue weighted by Gasteiger charge is -2.04. The molecule has 2 heteroatoms. The lowest BCUT2D eigenvalue weighted by molar-refractivity contribution is 0.241. The molecule has 0 saturated carbocycles. The van der Waals surface area contributed by atoms with Crippen LogP contribution in [0, 0.1) is 0 Å². The molecule has 0 heterocycles. The minimum Gasteiger partial charge on any atom is -0.502 e. The number of hydrogen-bond acceptors (Lipinski definition) is 2. The van der Waals surface area contributed by atoms with E-state index in [1.807, 2.05) is 0 Å². The second-order valence-corrected chi connectivity index (χ2v) is 6.77. The zero-order chi connectivity index (χ0) is 16.8. The summed E-state index contributed by atoms with van der Waals surface area (Å²) in [4.78, 5) is 0. The van der Waals surface area contributed by atoms with Gasteiger partial charge in [0.2, 0.25) is 0 Å². The molecular weight excluding hydrogens is 284 g/mol. The summed E-state index contributed by atoms with van der Waals surface area (Å²) in [6.07, 6.45) is 24.4. The maximum atomic E-state index is 8.70. The van der Waals surface area contributed by atoms with Gasteiger partial charge in [0.25, 0.3) is 0 Å². The Morgan fingerprint density at radius 1 is 0.522 bits per heavy atom. The topological polar surface area (TPSA) is 29.5 Å². The van der Waals surface area contributed by atoms with E-state index in [1.165, 1.54) is 103 Å². The van der Waals surface area contributed by atoms with Gasteiger partial charge in [0.15, 0.2) is 0 Å². The van der Waals surface area contributed by atoms with Crippen LogP contribution in [0.15, 0.2) is 12.8 Å². The van der Waals surface area contributed by atoms with Crippen LogP contribution in [-0.4, -0.2) is 18.3 Å². The lowest BCUT2D eigenvalue weighted by Crippen LogP contribution is -1.87. The molecule has 0 aliphatic heterocycles. The van der Waals surface area contributed by atoms with Gasteiger partial charge in [-0.15, -0.1) is 0 Å². The first kappa shape index (κ1) is 22.5. The third kappa shape index (κ3) is 21.5. The first-order valence-electron chi connectivity index (χ1n) is 10.2. The Morgan fingerprint density at radius 3 is 1.13 bits per heavy atom. The van der Waals surface area contributed by atoms with Crippen molar-refractivity contribution < 1.29 is 9.84 Å². The average Bonchev–Trinajstić information content (AvgIpc) is 2.57. The molecule has 0 unspecified atom stereocenters. The Kier molecular flexibility index (Phi) is 21.0. The van der Waals surface area contributed by atoms with Crippen molar-refractivity contribution in [2.24, 2.45) is 0 Å². The second-order valence-electron chi connectivity index (χ2n) is 6.77. The lowest BCUT2D eigenvalue weighted by atomic mass is 10.0. The van der Waals surface area contributed by atoms with E-state index in [0.717, 1.165) is 13.0 Å². The Bertz CT molecular complexity index is 216. The standard InChI is InChI=1S/C21H42O2/c1-2-23-21-19-17-15-13-11-9-7-5-3-4-6-8-10-12-14-16-18-20-22/h2,22H,1,3-21H2. The molecule has 23 heavy (non-hydrogen) atoms. The van der Waals surface area contributed by atoms with Crippen LogP contribution < -0.4 is 0 Å². The highest BCUT2D eigenvalue weighted by Gasteiger charge is 1.95. The van der Waals surface area contributed by atoms with E-state index in [-0.39, 0.29) is 0 Å². The molecule has 0 radical (unpaired) electrons. The number of ether oxygens (including phenoxy) is 1. The maximum Gasteiger partial charge on any atom is 0.0873 e. The van der Waals surface area contributed by atoms with E-state index in [2.05, 4.69) is 6.58 Å². The fourth-order valence-electron chi connectivity index (χ4n) is 3.03. The van der Waals surface area contributed by atoms with Crippen molar-refractivity contribution in [1.82, 2.24) is 0 Å². The van der Waals surface area contributed by atoms with Gasteiger partial charge in [-0.3, -0.25) is 0 Å².